The highest BCUT2D eigenvalue weighted by Gasteiger charge is 1.94. The second-order valence-electron chi connectivity index (χ2n) is 0.852. The van der Waals surface area contributed by atoms with Crippen LogP contribution < -0.4 is 0 Å². The summed E-state index contributed by atoms with van der Waals surface area (Å²) in [6.45, 7) is 0. The zero-order valence-corrected chi connectivity index (χ0v) is 6.13. The zero-order chi connectivity index (χ0) is 5.82. The highest BCUT2D eigenvalue weighted by Crippen LogP contribution is 2.29. The molecule has 4 nitrogen and oxygen atoms in total. The zero-order valence-electron chi connectivity index (χ0n) is 3.61. The number of nitrogens with one attached hydrogen (secondary N) is 1. The highest BCUT2D eigenvalue weighted by atomic mass is 33.5. The van der Waals surface area contributed by atoms with Crippen molar-refractivity contribution in [2.45, 2.75) is 5.16 Å². The smallest absolute Gasteiger partial charge is 0.176 e. The first-order chi connectivity index (χ1) is 3.93. The van der Waals surface area contributed by atoms with Crippen LogP contribution >= 0.6 is 32.3 Å². The van der Waals surface area contributed by atoms with E-state index in [2.05, 4.69) is 32.3 Å². The van der Waals surface area contributed by atoms with Gasteiger partial charge >= 0.3 is 0 Å². The number of tetrazole rings is 1. The van der Waals surface area contributed by atoms with Crippen molar-refractivity contribution < 1.29 is 0 Å². The maximum atomic E-state index is 3.86. The lowest BCUT2D eigenvalue weighted by atomic mass is 11.4. The minimum absolute atomic E-state index is 0.602. The summed E-state index contributed by atoms with van der Waals surface area (Å²) in [5, 5.41) is 13.6. The predicted molar refractivity (Wildman–Crippen MR) is 36.6 cm³/mol. The van der Waals surface area contributed by atoms with Gasteiger partial charge in [0, 0.05) is 0 Å². The van der Waals surface area contributed by atoms with E-state index in [1.807, 2.05) is 0 Å². The van der Waals surface area contributed by atoms with Crippen molar-refractivity contribution >= 4 is 32.3 Å². The van der Waals surface area contributed by atoms with E-state index in [1.54, 1.807) is 0 Å². The summed E-state index contributed by atoms with van der Waals surface area (Å²) >= 11 is 3.86. The number of H-pyrrole nitrogens is 1. The normalized spacial score (nSPS) is 9.62. The summed E-state index contributed by atoms with van der Waals surface area (Å²) in [5.74, 6) is 0. The van der Waals surface area contributed by atoms with E-state index < -0.39 is 0 Å². The Labute approximate surface area is 58.4 Å². The van der Waals surface area contributed by atoms with Gasteiger partial charge in [-0.15, -0.1) is 10.2 Å². The molecule has 1 rings (SSSR count). The number of thiol groups is 1. The fourth-order valence-corrected chi connectivity index (χ4v) is 1.45. The van der Waals surface area contributed by atoms with Crippen LogP contribution in [0, 0.1) is 0 Å². The summed E-state index contributed by atoms with van der Waals surface area (Å²) < 4.78 is 0. The van der Waals surface area contributed by atoms with Crippen molar-refractivity contribution in [2.75, 3.05) is 0 Å². The molecule has 0 fully saturated rings. The molecule has 0 radical (unpaired) electrons. The lowest BCUT2D eigenvalue weighted by molar-refractivity contribution is 0.881. The first kappa shape index (κ1) is 6.24. The topological polar surface area (TPSA) is 54.5 Å². The quantitative estimate of drug-likeness (QED) is 0.502. The van der Waals surface area contributed by atoms with Crippen LogP contribution in [0.3, 0.4) is 0 Å². The van der Waals surface area contributed by atoms with Crippen LogP contribution in [0.2, 0.25) is 0 Å². The van der Waals surface area contributed by atoms with E-state index >= 15 is 0 Å². The molecule has 0 aliphatic rings. The Morgan fingerprint density at radius 1 is 1.62 bits per heavy atom. The molecule has 0 saturated carbocycles. The summed E-state index contributed by atoms with van der Waals surface area (Å²) in [6.07, 6.45) is 0. The second kappa shape index (κ2) is 3.21. The number of aromatic amines is 1. The van der Waals surface area contributed by atoms with Gasteiger partial charge in [-0.25, -0.2) is 0 Å². The van der Waals surface area contributed by atoms with Gasteiger partial charge in [0.2, 0.25) is 5.16 Å². The fourth-order valence-electron chi connectivity index (χ4n) is 0.221. The maximum Gasteiger partial charge on any atom is 0.242 e. The number of hydrogen-bond acceptors (Lipinski definition) is 6. The van der Waals surface area contributed by atoms with Crippen LogP contribution in [0.25, 0.3) is 0 Å². The maximum absolute atomic E-state index is 3.86. The van der Waals surface area contributed by atoms with E-state index in [0.717, 1.165) is 0 Å². The van der Waals surface area contributed by atoms with Gasteiger partial charge in [-0.1, -0.05) is 11.7 Å². The summed E-state index contributed by atoms with van der Waals surface area (Å²) in [6, 6.07) is 0. The van der Waals surface area contributed by atoms with Crippen molar-refractivity contribution in [2.24, 2.45) is 0 Å². The average Bonchev–Trinajstić information content (AvgIpc) is 2.19. The van der Waals surface area contributed by atoms with Crippen LogP contribution in [0.1, 0.15) is 0 Å². The van der Waals surface area contributed by atoms with Gasteiger partial charge in [0.05, 0.1) is 0 Å². The lowest BCUT2D eigenvalue weighted by Gasteiger charge is -1.78. The Morgan fingerprint density at radius 3 is 3.00 bits per heavy atom. The minimum atomic E-state index is 0.602. The van der Waals surface area contributed by atoms with Gasteiger partial charge in [0.25, 0.3) is 0 Å². The van der Waals surface area contributed by atoms with Crippen molar-refractivity contribution in [3.63, 3.8) is 0 Å². The van der Waals surface area contributed by atoms with Crippen LogP contribution in [0.4, 0.5) is 0 Å². The molecule has 0 atom stereocenters. The van der Waals surface area contributed by atoms with E-state index in [1.165, 1.54) is 20.6 Å². The Kier molecular flexibility index (Phi) is 2.50. The van der Waals surface area contributed by atoms with Crippen molar-refractivity contribution in [1.82, 2.24) is 20.6 Å². The molecule has 0 saturated heterocycles. The molecule has 7 heteroatoms. The predicted octanol–water partition coefficient (Wildman–Crippen LogP) is 0.785. The van der Waals surface area contributed by atoms with Crippen LogP contribution in [0.15, 0.2) is 5.16 Å². The summed E-state index contributed by atoms with van der Waals surface area (Å²) in [7, 11) is 2.63. The molecule has 0 amide bonds. The Morgan fingerprint density at radius 2 is 2.50 bits per heavy atom. The molecule has 0 bridgehead atoms. The van der Waals surface area contributed by atoms with Gasteiger partial charge in [-0.05, 0) is 25.8 Å². The van der Waals surface area contributed by atoms with E-state index in [4.69, 9.17) is 0 Å². The fraction of sp³-hybridized carbons (Fsp3) is 0. The third kappa shape index (κ3) is 1.57. The van der Waals surface area contributed by atoms with Crippen molar-refractivity contribution in [1.29, 1.82) is 0 Å². The van der Waals surface area contributed by atoms with E-state index in [9.17, 15) is 0 Å². The van der Waals surface area contributed by atoms with E-state index in [-0.39, 0.29) is 0 Å². The highest BCUT2D eigenvalue weighted by molar-refractivity contribution is 9.05. The summed E-state index contributed by atoms with van der Waals surface area (Å²) in [5.41, 5.74) is 0. The SMILES string of the molecule is SSSc1nn[nH]n1. The molecule has 1 N–H and O–H groups in total. The molecular weight excluding hydrogens is 164 g/mol. The van der Waals surface area contributed by atoms with Crippen LogP contribution in [-0.2, 0) is 0 Å². The van der Waals surface area contributed by atoms with Gasteiger partial charge in [0.15, 0.2) is 0 Å². The van der Waals surface area contributed by atoms with Gasteiger partial charge in [-0.2, -0.15) is 5.21 Å². The molecule has 0 aliphatic carbocycles. The number of aromatic nitrogens is 4. The molecule has 1 heterocycles. The molecule has 44 valence electrons. The third-order valence-corrected chi connectivity index (χ3v) is 2.18. The van der Waals surface area contributed by atoms with Gasteiger partial charge in [-0.3, -0.25) is 0 Å². The average molecular weight is 166 g/mol. The molecular formula is CH2N4S3. The molecule has 0 unspecified atom stereocenters. The lowest BCUT2D eigenvalue weighted by Crippen LogP contribution is -1.66. The molecule has 1 aromatic heterocycles. The first-order valence-corrected chi connectivity index (χ1v) is 4.85. The largest absolute Gasteiger partial charge is 0.242 e. The number of hydrogen-bond donors (Lipinski definition) is 2. The Bertz CT molecular complexity index is 137. The third-order valence-electron chi connectivity index (χ3n) is 0.438. The Hall–Kier alpha value is 0.120. The molecule has 8 heavy (non-hydrogen) atoms. The molecule has 0 aliphatic heterocycles. The summed E-state index contributed by atoms with van der Waals surface area (Å²) in [4.78, 5) is 0. The standard InChI is InChI=1S/CH2N4S3/c6-8-7-1-2-4-5-3-1/h6H,(H,2,3,4,5). The Balaban J connectivity index is 2.50. The van der Waals surface area contributed by atoms with Crippen molar-refractivity contribution in [3.8, 4) is 0 Å². The molecule has 0 aromatic carbocycles. The van der Waals surface area contributed by atoms with Crippen LogP contribution in [-0.4, -0.2) is 20.6 Å². The van der Waals surface area contributed by atoms with Crippen LogP contribution in [0.5, 0.6) is 0 Å². The number of rotatable bonds is 2. The van der Waals surface area contributed by atoms with Gasteiger partial charge in [0.1, 0.15) is 0 Å². The van der Waals surface area contributed by atoms with Crippen molar-refractivity contribution in [3.05, 3.63) is 0 Å². The van der Waals surface area contributed by atoms with Gasteiger partial charge < -0.3 is 0 Å². The second-order valence-corrected chi connectivity index (χ2v) is 3.82. The first-order valence-electron chi connectivity index (χ1n) is 1.65. The molecule has 1 aromatic rings. The van der Waals surface area contributed by atoms with E-state index in [0.29, 0.717) is 5.16 Å². The number of nitrogens with zero attached hydrogens (tertiary/aromatic N) is 3. The molecule has 0 spiro atoms. The monoisotopic (exact) mass is 166 g/mol. The minimum Gasteiger partial charge on any atom is -0.176 e.